The fraction of sp³-hybridized carbons (Fsp3) is 0.737. The topological polar surface area (TPSA) is 37.3 Å². The second kappa shape index (κ2) is 4.32. The van der Waals surface area contributed by atoms with Crippen molar-refractivity contribution in [3.63, 3.8) is 0 Å². The minimum atomic E-state index is -0.169. The van der Waals surface area contributed by atoms with Gasteiger partial charge in [-0.3, -0.25) is 4.79 Å². The monoisotopic (exact) mass is 286 g/mol. The van der Waals surface area contributed by atoms with Gasteiger partial charge in [0.15, 0.2) is 5.78 Å². The predicted molar refractivity (Wildman–Crippen MR) is 82.6 cm³/mol. The lowest BCUT2D eigenvalue weighted by Gasteiger charge is -2.54. The SMILES string of the molecule is C[C@]12C=C[C@H]3[C@@H](CCC4=CC(=O)CC[C@@]43C)[C@@H]1CC[C@@H]2O. The highest BCUT2D eigenvalue weighted by atomic mass is 16.3. The van der Waals surface area contributed by atoms with E-state index in [9.17, 15) is 9.90 Å². The molecule has 0 spiro atoms. The molecule has 2 fully saturated rings. The summed E-state index contributed by atoms with van der Waals surface area (Å²) in [7, 11) is 0. The minimum Gasteiger partial charge on any atom is -0.392 e. The first-order valence-corrected chi connectivity index (χ1v) is 8.56. The number of allylic oxidation sites excluding steroid dienone is 3. The normalized spacial score (nSPS) is 52.0. The fourth-order valence-electron chi connectivity index (χ4n) is 5.92. The van der Waals surface area contributed by atoms with Gasteiger partial charge in [-0.05, 0) is 61.3 Å². The maximum atomic E-state index is 11.8. The zero-order valence-corrected chi connectivity index (χ0v) is 13.1. The highest BCUT2D eigenvalue weighted by Gasteiger charge is 2.56. The average Bonchev–Trinajstić information content (AvgIpc) is 2.76. The highest BCUT2D eigenvalue weighted by molar-refractivity contribution is 5.91. The second-order valence-electron chi connectivity index (χ2n) is 8.21. The second-order valence-corrected chi connectivity index (χ2v) is 8.21. The molecule has 0 radical (unpaired) electrons. The van der Waals surface area contributed by atoms with E-state index in [0.29, 0.717) is 30.0 Å². The molecule has 0 bridgehead atoms. The van der Waals surface area contributed by atoms with E-state index < -0.39 is 0 Å². The van der Waals surface area contributed by atoms with Crippen LogP contribution in [-0.2, 0) is 4.79 Å². The van der Waals surface area contributed by atoms with Gasteiger partial charge in [-0.15, -0.1) is 0 Å². The van der Waals surface area contributed by atoms with Crippen LogP contribution in [0.15, 0.2) is 23.8 Å². The van der Waals surface area contributed by atoms with Crippen LogP contribution in [-0.4, -0.2) is 17.0 Å². The standard InChI is InChI=1S/C19H26O2/c1-18-9-7-13(20)11-12(18)3-4-14-15-5-6-17(21)19(15,2)10-8-16(14)18/h8,10-11,14-17,21H,3-7,9H2,1-2H3/t14-,15-,16-,17-,18-,19-/m0/s1. The first kappa shape index (κ1) is 13.8. The van der Waals surface area contributed by atoms with Gasteiger partial charge in [-0.2, -0.15) is 0 Å². The Hall–Kier alpha value is -0.890. The van der Waals surface area contributed by atoms with Gasteiger partial charge in [0.25, 0.3) is 0 Å². The number of aliphatic hydroxyl groups is 1. The van der Waals surface area contributed by atoms with Crippen LogP contribution < -0.4 is 0 Å². The van der Waals surface area contributed by atoms with Gasteiger partial charge in [-0.1, -0.05) is 31.6 Å². The zero-order valence-electron chi connectivity index (χ0n) is 13.1. The van der Waals surface area contributed by atoms with Crippen molar-refractivity contribution in [1.29, 1.82) is 0 Å². The van der Waals surface area contributed by atoms with E-state index in [0.717, 1.165) is 25.7 Å². The van der Waals surface area contributed by atoms with Crippen LogP contribution in [0.2, 0.25) is 0 Å². The Labute approximate surface area is 127 Å². The van der Waals surface area contributed by atoms with Crippen LogP contribution in [0.25, 0.3) is 0 Å². The van der Waals surface area contributed by atoms with Gasteiger partial charge in [0.1, 0.15) is 0 Å². The van der Waals surface area contributed by atoms with Crippen molar-refractivity contribution in [2.75, 3.05) is 0 Å². The summed E-state index contributed by atoms with van der Waals surface area (Å²) in [4.78, 5) is 11.8. The molecule has 1 N–H and O–H groups in total. The molecular weight excluding hydrogens is 260 g/mol. The van der Waals surface area contributed by atoms with Crippen molar-refractivity contribution in [2.45, 2.75) is 58.5 Å². The van der Waals surface area contributed by atoms with Gasteiger partial charge in [0.2, 0.25) is 0 Å². The molecule has 0 heterocycles. The van der Waals surface area contributed by atoms with Gasteiger partial charge < -0.3 is 5.11 Å². The smallest absolute Gasteiger partial charge is 0.155 e. The van der Waals surface area contributed by atoms with Crippen molar-refractivity contribution in [2.24, 2.45) is 28.6 Å². The molecule has 4 aliphatic carbocycles. The Bertz CT molecular complexity index is 546. The quantitative estimate of drug-likeness (QED) is 0.690. The highest BCUT2D eigenvalue weighted by Crippen LogP contribution is 2.62. The lowest BCUT2D eigenvalue weighted by Crippen LogP contribution is -2.48. The summed E-state index contributed by atoms with van der Waals surface area (Å²) < 4.78 is 0. The molecule has 4 aliphatic rings. The number of rotatable bonds is 0. The van der Waals surface area contributed by atoms with Gasteiger partial charge >= 0.3 is 0 Å². The number of ketones is 1. The number of carbonyl (C=O) groups is 1. The van der Waals surface area contributed by atoms with Crippen molar-refractivity contribution >= 4 is 5.78 Å². The first-order valence-electron chi connectivity index (χ1n) is 8.56. The van der Waals surface area contributed by atoms with E-state index >= 15 is 0 Å². The van der Waals surface area contributed by atoms with Crippen LogP contribution in [0.3, 0.4) is 0 Å². The molecule has 0 amide bonds. The predicted octanol–water partition coefficient (Wildman–Crippen LogP) is 3.66. The van der Waals surface area contributed by atoms with Crippen molar-refractivity contribution < 1.29 is 9.90 Å². The van der Waals surface area contributed by atoms with E-state index in [1.807, 2.05) is 6.08 Å². The minimum absolute atomic E-state index is 0.0107. The van der Waals surface area contributed by atoms with E-state index in [1.54, 1.807) is 0 Å². The number of fused-ring (bicyclic) bond motifs is 5. The van der Waals surface area contributed by atoms with Gasteiger partial charge in [-0.25, -0.2) is 0 Å². The maximum absolute atomic E-state index is 11.8. The van der Waals surface area contributed by atoms with Crippen LogP contribution >= 0.6 is 0 Å². The first-order chi connectivity index (χ1) is 9.95. The summed E-state index contributed by atoms with van der Waals surface area (Å²) in [5.74, 6) is 2.20. The van der Waals surface area contributed by atoms with Crippen molar-refractivity contribution in [3.8, 4) is 0 Å². The third-order valence-electron chi connectivity index (χ3n) is 7.35. The fourth-order valence-corrected chi connectivity index (χ4v) is 5.92. The molecule has 2 nitrogen and oxygen atoms in total. The maximum Gasteiger partial charge on any atom is 0.155 e. The summed E-state index contributed by atoms with van der Waals surface area (Å²) >= 11 is 0. The average molecular weight is 286 g/mol. The Morgan fingerprint density at radius 2 is 2.00 bits per heavy atom. The summed E-state index contributed by atoms with van der Waals surface area (Å²) in [5.41, 5.74) is 1.57. The summed E-state index contributed by atoms with van der Waals surface area (Å²) in [6.07, 6.45) is 12.6. The van der Waals surface area contributed by atoms with E-state index in [1.165, 1.54) is 12.0 Å². The van der Waals surface area contributed by atoms with Crippen molar-refractivity contribution in [1.82, 2.24) is 0 Å². The largest absolute Gasteiger partial charge is 0.392 e. The molecular formula is C19H26O2. The van der Waals surface area contributed by atoms with E-state index in [-0.39, 0.29) is 16.9 Å². The Morgan fingerprint density at radius 3 is 2.81 bits per heavy atom. The zero-order chi connectivity index (χ0) is 14.8. The molecule has 0 aromatic rings. The van der Waals surface area contributed by atoms with Crippen LogP contribution in [0.1, 0.15) is 52.4 Å². The molecule has 2 heteroatoms. The summed E-state index contributed by atoms with van der Waals surface area (Å²) in [6, 6.07) is 0. The van der Waals surface area contributed by atoms with Gasteiger partial charge in [0.05, 0.1) is 6.10 Å². The Morgan fingerprint density at radius 1 is 1.19 bits per heavy atom. The van der Waals surface area contributed by atoms with Crippen LogP contribution in [0.4, 0.5) is 0 Å². The number of aliphatic hydroxyl groups excluding tert-OH is 1. The molecule has 21 heavy (non-hydrogen) atoms. The molecule has 0 aliphatic heterocycles. The molecule has 0 saturated heterocycles. The molecule has 6 atom stereocenters. The van der Waals surface area contributed by atoms with Crippen molar-refractivity contribution in [3.05, 3.63) is 23.8 Å². The van der Waals surface area contributed by atoms with E-state index in [2.05, 4.69) is 26.0 Å². The number of carbonyl (C=O) groups excluding carboxylic acids is 1. The molecule has 0 aromatic heterocycles. The Kier molecular flexibility index (Phi) is 2.83. The molecule has 114 valence electrons. The Balaban J connectivity index is 1.75. The summed E-state index contributed by atoms with van der Waals surface area (Å²) in [6.45, 7) is 4.63. The number of hydrogen-bond donors (Lipinski definition) is 1. The lowest BCUT2D eigenvalue weighted by atomic mass is 9.50. The molecule has 4 rings (SSSR count). The van der Waals surface area contributed by atoms with Crippen LogP contribution in [0, 0.1) is 28.6 Å². The molecule has 0 aromatic carbocycles. The van der Waals surface area contributed by atoms with Gasteiger partial charge in [0, 0.05) is 11.8 Å². The molecule has 2 saturated carbocycles. The third-order valence-corrected chi connectivity index (χ3v) is 7.35. The lowest BCUT2D eigenvalue weighted by molar-refractivity contribution is -0.116. The number of hydrogen-bond acceptors (Lipinski definition) is 2. The van der Waals surface area contributed by atoms with Crippen LogP contribution in [0.5, 0.6) is 0 Å². The third kappa shape index (κ3) is 1.72. The molecule has 0 unspecified atom stereocenters. The van der Waals surface area contributed by atoms with E-state index in [4.69, 9.17) is 0 Å². The summed E-state index contributed by atoms with van der Waals surface area (Å²) in [5, 5.41) is 10.4.